The van der Waals surface area contributed by atoms with Crippen molar-refractivity contribution in [3.05, 3.63) is 49.4 Å². The lowest BCUT2D eigenvalue weighted by molar-refractivity contribution is 0.0952. The molecule has 0 spiro atoms. The number of nitrogens with one attached hydrogen (secondary N) is 3. The maximum Gasteiger partial charge on any atom is 0.253 e. The SMILES string of the molecule is CN(C)CCNC(=O)c1ccc(=O)c2nc3/c(=C\NCC(O)CN(C)C)c(O)cc(=O)c3[nH]c12. The number of phenolic OH excluding ortho intramolecular Hbond substituents is 1. The Labute approximate surface area is 195 Å². The maximum absolute atomic E-state index is 12.7. The first-order valence-corrected chi connectivity index (χ1v) is 10.8. The van der Waals surface area contributed by atoms with Gasteiger partial charge < -0.3 is 35.6 Å². The van der Waals surface area contributed by atoms with Gasteiger partial charge in [0.2, 0.25) is 10.9 Å². The van der Waals surface area contributed by atoms with Crippen LogP contribution in [0.4, 0.5) is 0 Å². The molecular formula is C23H30N6O5. The summed E-state index contributed by atoms with van der Waals surface area (Å²) in [5.41, 5.74) is -0.554. The molecule has 0 aliphatic heterocycles. The molecule has 0 fully saturated rings. The molecule has 0 aliphatic rings. The van der Waals surface area contributed by atoms with E-state index in [4.69, 9.17) is 0 Å². The lowest BCUT2D eigenvalue weighted by Crippen LogP contribution is -2.33. The maximum atomic E-state index is 12.7. The first kappa shape index (κ1) is 25.1. The number of hydrogen-bond donors (Lipinski definition) is 5. The molecule has 2 aromatic carbocycles. The van der Waals surface area contributed by atoms with Gasteiger partial charge in [-0.1, -0.05) is 0 Å². The van der Waals surface area contributed by atoms with Crippen molar-refractivity contribution in [1.82, 2.24) is 30.4 Å². The number of nitrogens with zero attached hydrogens (tertiary/aromatic N) is 3. The van der Waals surface area contributed by atoms with E-state index in [9.17, 15) is 24.6 Å². The third kappa shape index (κ3) is 5.68. The number of hydrogen-bond acceptors (Lipinski definition) is 9. The van der Waals surface area contributed by atoms with Crippen molar-refractivity contribution in [3.8, 4) is 5.75 Å². The second-order valence-electron chi connectivity index (χ2n) is 8.63. The van der Waals surface area contributed by atoms with E-state index in [1.807, 2.05) is 38.0 Å². The summed E-state index contributed by atoms with van der Waals surface area (Å²) < 4.78 is 0. The molecule has 182 valence electrons. The van der Waals surface area contributed by atoms with Crippen LogP contribution in [0.25, 0.3) is 28.3 Å². The molecule has 0 saturated carbocycles. The van der Waals surface area contributed by atoms with E-state index in [1.165, 1.54) is 18.3 Å². The summed E-state index contributed by atoms with van der Waals surface area (Å²) in [5, 5.41) is 26.3. The number of aromatic hydroxyl groups is 1. The van der Waals surface area contributed by atoms with Crippen molar-refractivity contribution in [2.45, 2.75) is 6.10 Å². The minimum Gasteiger partial charge on any atom is -0.507 e. The molecule has 0 radical (unpaired) electrons. The van der Waals surface area contributed by atoms with Gasteiger partial charge in [0.05, 0.1) is 22.4 Å². The Morgan fingerprint density at radius 2 is 1.85 bits per heavy atom. The van der Waals surface area contributed by atoms with Crippen LogP contribution in [-0.2, 0) is 0 Å². The van der Waals surface area contributed by atoms with Crippen LogP contribution in [-0.4, -0.2) is 96.4 Å². The molecule has 1 atom stereocenters. The van der Waals surface area contributed by atoms with E-state index in [0.29, 0.717) is 19.6 Å². The molecule has 1 heterocycles. The van der Waals surface area contributed by atoms with Crippen LogP contribution in [0.3, 0.4) is 0 Å². The molecule has 0 saturated heterocycles. The summed E-state index contributed by atoms with van der Waals surface area (Å²) in [6.45, 7) is 1.66. The van der Waals surface area contributed by atoms with Crippen LogP contribution < -0.4 is 26.7 Å². The minimum absolute atomic E-state index is 0.0277. The average Bonchev–Trinajstić information content (AvgIpc) is 2.74. The molecule has 5 N–H and O–H groups in total. The van der Waals surface area contributed by atoms with Crippen molar-refractivity contribution in [2.75, 3.05) is 54.4 Å². The number of aliphatic hydroxyl groups is 1. The molecule has 1 aromatic heterocycles. The zero-order valence-electron chi connectivity index (χ0n) is 19.7. The van der Waals surface area contributed by atoms with Crippen LogP contribution in [0.15, 0.2) is 27.8 Å². The highest BCUT2D eigenvalue weighted by atomic mass is 16.3. The fourth-order valence-electron chi connectivity index (χ4n) is 3.53. The predicted molar refractivity (Wildman–Crippen MR) is 131 cm³/mol. The van der Waals surface area contributed by atoms with E-state index in [2.05, 4.69) is 20.6 Å². The molecule has 1 amide bonds. The van der Waals surface area contributed by atoms with Crippen molar-refractivity contribution in [3.63, 3.8) is 0 Å². The number of phenols is 1. The predicted octanol–water partition coefficient (Wildman–Crippen LogP) is -1.60. The van der Waals surface area contributed by atoms with Gasteiger partial charge in [0.25, 0.3) is 5.91 Å². The molecule has 0 aliphatic carbocycles. The highest BCUT2D eigenvalue weighted by Crippen LogP contribution is 2.15. The molecule has 3 aromatic rings. The zero-order valence-corrected chi connectivity index (χ0v) is 19.7. The van der Waals surface area contributed by atoms with Gasteiger partial charge in [0.1, 0.15) is 22.3 Å². The Morgan fingerprint density at radius 3 is 2.53 bits per heavy atom. The van der Waals surface area contributed by atoms with Gasteiger partial charge >= 0.3 is 0 Å². The van der Waals surface area contributed by atoms with Crippen molar-refractivity contribution >= 4 is 34.2 Å². The number of aliphatic hydroxyl groups excluding tert-OH is 1. The standard InChI is InChI=1S/C23H30N6O5/c1-28(2)8-7-25-23(34)14-5-6-16(31)21-19(14)26-22-18(33)9-17(32)15(20(22)27-21)11-24-10-13(30)12-29(3)4/h5-6,9,11,13,24,26,30,32H,7-8,10,12H2,1-4H3,(H,25,34)/b15-11-. The zero-order chi connectivity index (χ0) is 25.0. The van der Waals surface area contributed by atoms with Gasteiger partial charge in [-0.25, -0.2) is 4.98 Å². The Balaban J connectivity index is 2.10. The minimum atomic E-state index is -0.666. The number of carbonyl (C=O) groups is 1. The number of H-pyrrole nitrogens is 1. The quantitative estimate of drug-likeness (QED) is 0.233. The van der Waals surface area contributed by atoms with E-state index in [1.54, 1.807) is 0 Å². The number of amides is 1. The van der Waals surface area contributed by atoms with E-state index in [-0.39, 0.29) is 45.1 Å². The molecule has 3 rings (SSSR count). The van der Waals surface area contributed by atoms with Gasteiger partial charge in [-0.2, -0.15) is 0 Å². The normalized spacial score (nSPS) is 13.2. The van der Waals surface area contributed by atoms with Crippen LogP contribution >= 0.6 is 0 Å². The number of aromatic nitrogens is 2. The molecular weight excluding hydrogens is 440 g/mol. The summed E-state index contributed by atoms with van der Waals surface area (Å²) in [6, 6.07) is 3.68. The second kappa shape index (κ2) is 10.6. The number of aromatic amines is 1. The summed E-state index contributed by atoms with van der Waals surface area (Å²) in [7, 11) is 7.44. The topological polar surface area (TPSA) is 151 Å². The van der Waals surface area contributed by atoms with Gasteiger partial charge in [0, 0.05) is 38.4 Å². The highest BCUT2D eigenvalue weighted by Gasteiger charge is 2.17. The first-order valence-electron chi connectivity index (χ1n) is 10.8. The summed E-state index contributed by atoms with van der Waals surface area (Å²) in [5.74, 6) is -0.726. The van der Waals surface area contributed by atoms with Gasteiger partial charge in [-0.3, -0.25) is 14.4 Å². The third-order valence-corrected chi connectivity index (χ3v) is 5.16. The third-order valence-electron chi connectivity index (χ3n) is 5.16. The largest absolute Gasteiger partial charge is 0.507 e. The monoisotopic (exact) mass is 470 g/mol. The van der Waals surface area contributed by atoms with Crippen LogP contribution in [0.5, 0.6) is 5.75 Å². The van der Waals surface area contributed by atoms with Crippen LogP contribution in [0.2, 0.25) is 0 Å². The smallest absolute Gasteiger partial charge is 0.253 e. The lowest BCUT2D eigenvalue weighted by Gasteiger charge is -2.15. The Kier molecular flexibility index (Phi) is 7.82. The summed E-state index contributed by atoms with van der Waals surface area (Å²) in [6.07, 6.45) is 0.769. The second-order valence-corrected chi connectivity index (χ2v) is 8.63. The van der Waals surface area contributed by atoms with Crippen molar-refractivity contribution < 1.29 is 15.0 Å². The van der Waals surface area contributed by atoms with Crippen molar-refractivity contribution in [2.24, 2.45) is 0 Å². The molecule has 0 bridgehead atoms. The molecule has 1 unspecified atom stereocenters. The average molecular weight is 471 g/mol. The number of likely N-dealkylation sites (N-methyl/N-ethyl adjacent to an activating group) is 2. The fraction of sp³-hybridized carbons (Fsp3) is 0.391. The van der Waals surface area contributed by atoms with Gasteiger partial charge in [0.15, 0.2) is 0 Å². The molecule has 11 nitrogen and oxygen atoms in total. The number of fused-ring (bicyclic) bond motifs is 2. The first-order chi connectivity index (χ1) is 16.1. The lowest BCUT2D eigenvalue weighted by atomic mass is 10.1. The highest BCUT2D eigenvalue weighted by molar-refractivity contribution is 6.06. The van der Waals surface area contributed by atoms with Crippen LogP contribution in [0, 0.1) is 0 Å². The van der Waals surface area contributed by atoms with Crippen LogP contribution in [0.1, 0.15) is 10.4 Å². The summed E-state index contributed by atoms with van der Waals surface area (Å²) >= 11 is 0. The molecule has 11 heteroatoms. The number of benzene rings is 2. The van der Waals surface area contributed by atoms with E-state index < -0.39 is 22.9 Å². The van der Waals surface area contributed by atoms with E-state index >= 15 is 0 Å². The van der Waals surface area contributed by atoms with Gasteiger partial charge in [-0.15, -0.1) is 0 Å². The number of rotatable bonds is 9. The Bertz CT molecular complexity index is 1370. The summed E-state index contributed by atoms with van der Waals surface area (Å²) in [4.78, 5) is 48.9. The Hall–Kier alpha value is -3.54. The van der Waals surface area contributed by atoms with Crippen molar-refractivity contribution in [1.29, 1.82) is 0 Å². The van der Waals surface area contributed by atoms with Gasteiger partial charge in [-0.05, 0) is 40.3 Å². The fourth-order valence-corrected chi connectivity index (χ4v) is 3.53. The Morgan fingerprint density at radius 1 is 1.12 bits per heavy atom. The number of carbonyl (C=O) groups excluding carboxylic acids is 1. The van der Waals surface area contributed by atoms with E-state index in [0.717, 1.165) is 6.07 Å². The molecule has 34 heavy (non-hydrogen) atoms.